The van der Waals surface area contributed by atoms with Gasteiger partial charge in [-0.25, -0.2) is 13.2 Å². The molecule has 162 valence electrons. The molecular weight excluding hydrogens is 440 g/mol. The third-order valence-electron chi connectivity index (χ3n) is 4.17. The number of thiophene rings is 1. The van der Waals surface area contributed by atoms with Crippen molar-refractivity contribution in [3.05, 3.63) is 71.1 Å². The molecule has 0 aliphatic rings. The summed E-state index contributed by atoms with van der Waals surface area (Å²) in [4.78, 5) is 23.8. The summed E-state index contributed by atoms with van der Waals surface area (Å²) in [6, 6.07) is 14.3. The number of hydrogen-bond donors (Lipinski definition) is 2. The molecule has 0 saturated carbocycles. The molecule has 8 nitrogen and oxygen atoms in total. The molecule has 10 heteroatoms. The summed E-state index contributed by atoms with van der Waals surface area (Å²) in [5.74, 6) is -0.431. The van der Waals surface area contributed by atoms with Crippen molar-refractivity contribution in [1.29, 1.82) is 0 Å². The number of carbonyl (C=O) groups excluding carboxylic acids is 2. The average molecular weight is 461 g/mol. The summed E-state index contributed by atoms with van der Waals surface area (Å²) in [5, 5.41) is 4.46. The Morgan fingerprint density at radius 2 is 1.87 bits per heavy atom. The first-order chi connectivity index (χ1) is 14.8. The Hall–Kier alpha value is -3.37. The van der Waals surface area contributed by atoms with Crippen LogP contribution in [0, 0.1) is 6.92 Å². The van der Waals surface area contributed by atoms with Crippen LogP contribution in [-0.4, -0.2) is 34.0 Å². The minimum absolute atomic E-state index is 0.187. The zero-order chi connectivity index (χ0) is 22.4. The van der Waals surface area contributed by atoms with Gasteiger partial charge in [-0.05, 0) is 60.3 Å². The topological polar surface area (TPSA) is 111 Å². The van der Waals surface area contributed by atoms with E-state index < -0.39 is 21.9 Å². The molecule has 0 spiro atoms. The number of amides is 1. The van der Waals surface area contributed by atoms with Gasteiger partial charge in [-0.15, -0.1) is 11.3 Å². The number of carbonyl (C=O) groups is 2. The molecule has 1 amide bonds. The van der Waals surface area contributed by atoms with Crippen molar-refractivity contribution in [2.24, 2.45) is 0 Å². The van der Waals surface area contributed by atoms with Crippen molar-refractivity contribution in [2.75, 3.05) is 23.8 Å². The highest BCUT2D eigenvalue weighted by Gasteiger charge is 2.16. The van der Waals surface area contributed by atoms with Gasteiger partial charge in [0.1, 0.15) is 9.96 Å². The molecule has 0 bridgehead atoms. The smallest absolute Gasteiger partial charge is 0.343 e. The standard InChI is InChI=1S/C21H20N2O6S2/c1-14-11-17(29-13-19(24)28-2)8-9-18(14)22-21(25)15-5-3-6-16(12-15)23-31(26,27)20-7-4-10-30-20/h3-12,23H,13H2,1-2H3,(H,22,25). The van der Waals surface area contributed by atoms with Crippen molar-refractivity contribution in [1.82, 2.24) is 0 Å². The van der Waals surface area contributed by atoms with Crippen molar-refractivity contribution < 1.29 is 27.5 Å². The number of nitrogens with one attached hydrogen (secondary N) is 2. The Balaban J connectivity index is 1.70. The van der Waals surface area contributed by atoms with E-state index in [-0.39, 0.29) is 22.1 Å². The molecule has 2 aromatic carbocycles. The number of aryl methyl sites for hydroxylation is 1. The fraction of sp³-hybridized carbons (Fsp3) is 0.143. The van der Waals surface area contributed by atoms with E-state index in [2.05, 4.69) is 14.8 Å². The van der Waals surface area contributed by atoms with E-state index >= 15 is 0 Å². The highest BCUT2D eigenvalue weighted by molar-refractivity contribution is 7.94. The lowest BCUT2D eigenvalue weighted by Crippen LogP contribution is -2.15. The number of methoxy groups -OCH3 is 1. The first-order valence-electron chi connectivity index (χ1n) is 9.06. The number of esters is 1. The summed E-state index contributed by atoms with van der Waals surface area (Å²) in [5.41, 5.74) is 1.85. The molecule has 0 aliphatic carbocycles. The molecule has 3 aromatic rings. The normalized spacial score (nSPS) is 10.9. The molecule has 0 saturated heterocycles. The first kappa shape index (κ1) is 22.3. The first-order valence-corrected chi connectivity index (χ1v) is 11.4. The molecule has 0 fully saturated rings. The Kier molecular flexibility index (Phi) is 6.93. The van der Waals surface area contributed by atoms with E-state index in [0.29, 0.717) is 11.4 Å². The van der Waals surface area contributed by atoms with E-state index in [1.54, 1.807) is 54.8 Å². The van der Waals surface area contributed by atoms with E-state index in [0.717, 1.165) is 16.9 Å². The summed E-state index contributed by atoms with van der Waals surface area (Å²) >= 11 is 1.10. The quantitative estimate of drug-likeness (QED) is 0.497. The third-order valence-corrected chi connectivity index (χ3v) is 6.95. The number of ether oxygens (including phenoxy) is 2. The van der Waals surface area contributed by atoms with Gasteiger partial charge >= 0.3 is 5.97 Å². The van der Waals surface area contributed by atoms with Gasteiger partial charge in [0, 0.05) is 16.9 Å². The molecular formula is C21H20N2O6S2. The van der Waals surface area contributed by atoms with Crippen LogP contribution in [0.2, 0.25) is 0 Å². The Morgan fingerprint density at radius 1 is 1.06 bits per heavy atom. The lowest BCUT2D eigenvalue weighted by atomic mass is 10.1. The van der Waals surface area contributed by atoms with Crippen LogP contribution in [-0.2, 0) is 19.6 Å². The molecule has 0 radical (unpaired) electrons. The predicted molar refractivity (Wildman–Crippen MR) is 118 cm³/mol. The molecule has 1 heterocycles. The molecule has 1 aromatic heterocycles. The number of anilines is 2. The largest absolute Gasteiger partial charge is 0.482 e. The van der Waals surface area contributed by atoms with Gasteiger partial charge < -0.3 is 14.8 Å². The number of benzene rings is 2. The minimum Gasteiger partial charge on any atom is -0.482 e. The van der Waals surface area contributed by atoms with Crippen molar-refractivity contribution in [3.8, 4) is 5.75 Å². The van der Waals surface area contributed by atoms with Crippen LogP contribution in [0.15, 0.2) is 64.2 Å². The predicted octanol–water partition coefficient (Wildman–Crippen LogP) is 3.66. The summed E-state index contributed by atoms with van der Waals surface area (Å²) in [7, 11) is -2.43. The zero-order valence-electron chi connectivity index (χ0n) is 16.7. The molecule has 0 unspecified atom stereocenters. The summed E-state index contributed by atoms with van der Waals surface area (Å²) in [6.07, 6.45) is 0. The van der Waals surface area contributed by atoms with Crippen LogP contribution in [0.25, 0.3) is 0 Å². The van der Waals surface area contributed by atoms with Gasteiger partial charge in [0.05, 0.1) is 7.11 Å². The van der Waals surface area contributed by atoms with Crippen molar-refractivity contribution >= 4 is 44.6 Å². The summed E-state index contributed by atoms with van der Waals surface area (Å²) in [6.45, 7) is 1.57. The zero-order valence-corrected chi connectivity index (χ0v) is 18.4. The fourth-order valence-corrected chi connectivity index (χ4v) is 4.65. The number of hydrogen-bond acceptors (Lipinski definition) is 7. The van der Waals surface area contributed by atoms with Crippen molar-refractivity contribution in [2.45, 2.75) is 11.1 Å². The van der Waals surface area contributed by atoms with Gasteiger partial charge in [0.15, 0.2) is 6.61 Å². The second-order valence-corrected chi connectivity index (χ2v) is 9.27. The Labute approximate surface area is 183 Å². The molecule has 31 heavy (non-hydrogen) atoms. The van der Waals surface area contributed by atoms with Crippen LogP contribution in [0.1, 0.15) is 15.9 Å². The number of rotatable bonds is 8. The minimum atomic E-state index is -3.71. The van der Waals surface area contributed by atoms with Crippen LogP contribution >= 0.6 is 11.3 Å². The van der Waals surface area contributed by atoms with Gasteiger partial charge in [-0.3, -0.25) is 9.52 Å². The van der Waals surface area contributed by atoms with E-state index in [4.69, 9.17) is 4.74 Å². The van der Waals surface area contributed by atoms with Gasteiger partial charge in [-0.2, -0.15) is 0 Å². The molecule has 2 N–H and O–H groups in total. The van der Waals surface area contributed by atoms with Gasteiger partial charge in [-0.1, -0.05) is 12.1 Å². The highest BCUT2D eigenvalue weighted by Crippen LogP contribution is 2.24. The second-order valence-electron chi connectivity index (χ2n) is 6.41. The third kappa shape index (κ3) is 5.83. The van der Waals surface area contributed by atoms with Crippen LogP contribution < -0.4 is 14.8 Å². The lowest BCUT2D eigenvalue weighted by Gasteiger charge is -2.12. The number of sulfonamides is 1. The maximum Gasteiger partial charge on any atom is 0.343 e. The Morgan fingerprint density at radius 3 is 2.55 bits per heavy atom. The molecule has 0 aliphatic heterocycles. The van der Waals surface area contributed by atoms with Gasteiger partial charge in [0.2, 0.25) is 0 Å². The average Bonchev–Trinajstić information content (AvgIpc) is 3.29. The summed E-state index contributed by atoms with van der Waals surface area (Å²) < 4.78 is 37.3. The van der Waals surface area contributed by atoms with E-state index in [9.17, 15) is 18.0 Å². The van der Waals surface area contributed by atoms with Gasteiger partial charge in [0.25, 0.3) is 15.9 Å². The van der Waals surface area contributed by atoms with Crippen LogP contribution in [0.4, 0.5) is 11.4 Å². The maximum atomic E-state index is 12.7. The van der Waals surface area contributed by atoms with E-state index in [1.807, 2.05) is 0 Å². The highest BCUT2D eigenvalue weighted by atomic mass is 32.2. The van der Waals surface area contributed by atoms with E-state index in [1.165, 1.54) is 19.2 Å². The maximum absolute atomic E-state index is 12.7. The van der Waals surface area contributed by atoms with Crippen LogP contribution in [0.3, 0.4) is 0 Å². The molecule has 0 atom stereocenters. The SMILES string of the molecule is COC(=O)COc1ccc(NC(=O)c2cccc(NS(=O)(=O)c3cccs3)c2)c(C)c1. The fourth-order valence-electron chi connectivity index (χ4n) is 2.61. The lowest BCUT2D eigenvalue weighted by molar-refractivity contribution is -0.142. The molecule has 3 rings (SSSR count). The Bertz CT molecular complexity index is 1190. The monoisotopic (exact) mass is 460 g/mol. The second kappa shape index (κ2) is 9.63. The van der Waals surface area contributed by atoms with Crippen LogP contribution in [0.5, 0.6) is 5.75 Å². The van der Waals surface area contributed by atoms with Crippen molar-refractivity contribution in [3.63, 3.8) is 0 Å².